The van der Waals surface area contributed by atoms with Crippen LogP contribution in [0.15, 0.2) is 0 Å². The smallest absolute Gasteiger partial charge is 0.172 e. The average Bonchev–Trinajstić information content (AvgIpc) is 2.71. The molecule has 0 aliphatic rings. The highest BCUT2D eigenvalue weighted by molar-refractivity contribution is 5.73. The van der Waals surface area contributed by atoms with Crippen molar-refractivity contribution in [3.63, 3.8) is 0 Å². The van der Waals surface area contributed by atoms with Crippen molar-refractivity contribution < 1.29 is 9.53 Å². The van der Waals surface area contributed by atoms with Crippen LogP contribution in [-0.4, -0.2) is 35.0 Å². The standard InChI is InChI=1S/C11H19N3O2/c1-4-9(5-2)14-11(6-7-16-3)10(8-15)12-13-14/h8-9H,4-7H2,1-3H3. The third-order valence-corrected chi connectivity index (χ3v) is 2.76. The van der Waals surface area contributed by atoms with Gasteiger partial charge in [-0.3, -0.25) is 4.79 Å². The number of aromatic nitrogens is 3. The Kier molecular flexibility index (Phi) is 5.11. The maximum atomic E-state index is 10.8. The highest BCUT2D eigenvalue weighted by Gasteiger charge is 2.17. The van der Waals surface area contributed by atoms with Crippen LogP contribution in [0.1, 0.15) is 48.9 Å². The maximum absolute atomic E-state index is 10.8. The number of nitrogens with zero attached hydrogens (tertiary/aromatic N) is 3. The second kappa shape index (κ2) is 6.37. The van der Waals surface area contributed by atoms with Gasteiger partial charge in [0.25, 0.3) is 0 Å². The van der Waals surface area contributed by atoms with Gasteiger partial charge in [-0.2, -0.15) is 0 Å². The zero-order valence-corrected chi connectivity index (χ0v) is 10.1. The highest BCUT2D eigenvalue weighted by atomic mass is 16.5. The lowest BCUT2D eigenvalue weighted by Crippen LogP contribution is -2.14. The Labute approximate surface area is 95.8 Å². The minimum atomic E-state index is 0.313. The first-order valence-electron chi connectivity index (χ1n) is 5.66. The third kappa shape index (κ3) is 2.66. The molecule has 0 atom stereocenters. The zero-order valence-electron chi connectivity index (χ0n) is 10.1. The first-order chi connectivity index (χ1) is 7.78. The molecule has 0 radical (unpaired) electrons. The molecule has 0 unspecified atom stereocenters. The number of methoxy groups -OCH3 is 1. The summed E-state index contributed by atoms with van der Waals surface area (Å²) in [5.74, 6) is 0. The Morgan fingerprint density at radius 2 is 2.12 bits per heavy atom. The van der Waals surface area contributed by atoms with E-state index in [-0.39, 0.29) is 0 Å². The van der Waals surface area contributed by atoms with Gasteiger partial charge in [-0.15, -0.1) is 5.10 Å². The third-order valence-electron chi connectivity index (χ3n) is 2.76. The summed E-state index contributed by atoms with van der Waals surface area (Å²) in [6.07, 6.45) is 3.40. The Morgan fingerprint density at radius 3 is 2.62 bits per heavy atom. The summed E-state index contributed by atoms with van der Waals surface area (Å²) in [5, 5.41) is 7.96. The van der Waals surface area contributed by atoms with Gasteiger partial charge in [0, 0.05) is 13.5 Å². The summed E-state index contributed by atoms with van der Waals surface area (Å²) < 4.78 is 6.90. The van der Waals surface area contributed by atoms with Gasteiger partial charge in [0.1, 0.15) is 5.69 Å². The molecule has 1 aromatic rings. The number of hydrogen-bond donors (Lipinski definition) is 0. The highest BCUT2D eigenvalue weighted by Crippen LogP contribution is 2.18. The molecule has 0 N–H and O–H groups in total. The van der Waals surface area contributed by atoms with Gasteiger partial charge >= 0.3 is 0 Å². The molecule has 1 heterocycles. The molecule has 0 saturated heterocycles. The van der Waals surface area contributed by atoms with Gasteiger partial charge in [0.15, 0.2) is 6.29 Å². The van der Waals surface area contributed by atoms with Crippen molar-refractivity contribution in [2.24, 2.45) is 0 Å². The van der Waals surface area contributed by atoms with E-state index in [9.17, 15) is 4.79 Å². The molecule has 16 heavy (non-hydrogen) atoms. The first-order valence-corrected chi connectivity index (χ1v) is 5.66. The largest absolute Gasteiger partial charge is 0.384 e. The fourth-order valence-corrected chi connectivity index (χ4v) is 1.79. The van der Waals surface area contributed by atoms with Crippen LogP contribution < -0.4 is 0 Å². The van der Waals surface area contributed by atoms with Gasteiger partial charge in [-0.25, -0.2) is 4.68 Å². The first kappa shape index (κ1) is 12.8. The van der Waals surface area contributed by atoms with E-state index < -0.39 is 0 Å². The van der Waals surface area contributed by atoms with Crippen LogP contribution in [0.25, 0.3) is 0 Å². The molecule has 0 saturated carbocycles. The topological polar surface area (TPSA) is 57.0 Å². The van der Waals surface area contributed by atoms with Crippen LogP contribution in [0.5, 0.6) is 0 Å². The molecule has 90 valence electrons. The van der Waals surface area contributed by atoms with Crippen molar-refractivity contribution in [3.8, 4) is 0 Å². The lowest BCUT2D eigenvalue weighted by Gasteiger charge is -2.15. The molecule has 0 amide bonds. The summed E-state index contributed by atoms with van der Waals surface area (Å²) in [7, 11) is 1.64. The average molecular weight is 225 g/mol. The summed E-state index contributed by atoms with van der Waals surface area (Å²) in [5.41, 5.74) is 1.31. The number of hydrogen-bond acceptors (Lipinski definition) is 4. The van der Waals surface area contributed by atoms with Crippen LogP contribution in [0.2, 0.25) is 0 Å². The quantitative estimate of drug-likeness (QED) is 0.662. The van der Waals surface area contributed by atoms with Crippen LogP contribution in [0.4, 0.5) is 0 Å². The predicted molar refractivity (Wildman–Crippen MR) is 60.6 cm³/mol. The van der Waals surface area contributed by atoms with E-state index in [0.717, 1.165) is 24.8 Å². The monoisotopic (exact) mass is 225 g/mol. The summed E-state index contributed by atoms with van der Waals surface area (Å²) in [4.78, 5) is 10.8. The van der Waals surface area contributed by atoms with Crippen molar-refractivity contribution in [2.45, 2.75) is 39.2 Å². The van der Waals surface area contributed by atoms with Crippen molar-refractivity contribution in [1.82, 2.24) is 15.0 Å². The molecular weight excluding hydrogens is 206 g/mol. The fourth-order valence-electron chi connectivity index (χ4n) is 1.79. The molecule has 0 bridgehead atoms. The number of carbonyl (C=O) groups is 1. The predicted octanol–water partition coefficient (Wildman–Crippen LogP) is 1.64. The van der Waals surface area contributed by atoms with E-state index in [0.29, 0.717) is 24.8 Å². The zero-order chi connectivity index (χ0) is 12.0. The SMILES string of the molecule is CCC(CC)n1nnc(C=O)c1CCOC. The van der Waals surface area contributed by atoms with Crippen molar-refractivity contribution in [2.75, 3.05) is 13.7 Å². The second-order valence-corrected chi connectivity index (χ2v) is 3.70. The number of aldehydes is 1. The Hall–Kier alpha value is -1.23. The van der Waals surface area contributed by atoms with E-state index in [1.54, 1.807) is 7.11 Å². The Bertz CT molecular complexity index is 332. The molecule has 5 nitrogen and oxygen atoms in total. The molecule has 0 aliphatic carbocycles. The maximum Gasteiger partial charge on any atom is 0.172 e. The molecule has 0 spiro atoms. The molecule has 0 fully saturated rings. The second-order valence-electron chi connectivity index (χ2n) is 3.70. The number of rotatable bonds is 7. The van der Waals surface area contributed by atoms with Crippen LogP contribution in [-0.2, 0) is 11.2 Å². The molecule has 5 heteroatoms. The number of carbonyl (C=O) groups excluding carboxylic acids is 1. The molecule has 0 aliphatic heterocycles. The van der Waals surface area contributed by atoms with Crippen LogP contribution >= 0.6 is 0 Å². The molecule has 1 rings (SSSR count). The molecular formula is C11H19N3O2. The minimum Gasteiger partial charge on any atom is -0.384 e. The fraction of sp³-hybridized carbons (Fsp3) is 0.727. The lowest BCUT2D eigenvalue weighted by atomic mass is 10.1. The van der Waals surface area contributed by atoms with E-state index in [1.807, 2.05) is 4.68 Å². The van der Waals surface area contributed by atoms with Crippen LogP contribution in [0, 0.1) is 0 Å². The normalized spacial score (nSPS) is 11.0. The summed E-state index contributed by atoms with van der Waals surface area (Å²) >= 11 is 0. The number of ether oxygens (including phenoxy) is 1. The molecule has 1 aromatic heterocycles. The lowest BCUT2D eigenvalue weighted by molar-refractivity contribution is 0.111. The minimum absolute atomic E-state index is 0.313. The van der Waals surface area contributed by atoms with Crippen molar-refractivity contribution >= 4 is 6.29 Å². The van der Waals surface area contributed by atoms with Gasteiger partial charge in [-0.05, 0) is 12.8 Å². The van der Waals surface area contributed by atoms with Crippen molar-refractivity contribution in [1.29, 1.82) is 0 Å². The van der Waals surface area contributed by atoms with Gasteiger partial charge in [-0.1, -0.05) is 19.1 Å². The van der Waals surface area contributed by atoms with Gasteiger partial charge < -0.3 is 4.74 Å². The van der Waals surface area contributed by atoms with Crippen LogP contribution in [0.3, 0.4) is 0 Å². The Morgan fingerprint density at radius 1 is 1.44 bits per heavy atom. The van der Waals surface area contributed by atoms with Gasteiger partial charge in [0.05, 0.1) is 18.3 Å². The van der Waals surface area contributed by atoms with E-state index >= 15 is 0 Å². The van der Waals surface area contributed by atoms with E-state index in [2.05, 4.69) is 24.2 Å². The van der Waals surface area contributed by atoms with E-state index in [4.69, 9.17) is 4.74 Å². The van der Waals surface area contributed by atoms with Crippen molar-refractivity contribution in [3.05, 3.63) is 11.4 Å². The van der Waals surface area contributed by atoms with Gasteiger partial charge in [0.2, 0.25) is 0 Å². The molecule has 0 aromatic carbocycles. The summed E-state index contributed by atoms with van der Waals surface area (Å²) in [6.45, 7) is 4.79. The summed E-state index contributed by atoms with van der Waals surface area (Å²) in [6, 6.07) is 0.313. The van der Waals surface area contributed by atoms with E-state index in [1.165, 1.54) is 0 Å². The Balaban J connectivity index is 2.97.